The van der Waals surface area contributed by atoms with Crippen molar-refractivity contribution in [2.45, 2.75) is 46.6 Å². The van der Waals surface area contributed by atoms with E-state index in [1.54, 1.807) is 0 Å². The molecule has 0 bridgehead atoms. The van der Waals surface area contributed by atoms with Gasteiger partial charge in [0.05, 0.1) is 6.04 Å². The molecule has 0 aromatic heterocycles. The van der Waals surface area contributed by atoms with E-state index < -0.39 is 0 Å². The van der Waals surface area contributed by atoms with E-state index >= 15 is 0 Å². The minimum Gasteiger partial charge on any atom is -0.396 e. The molecule has 1 heterocycles. The molecule has 2 unspecified atom stereocenters. The molecule has 1 aliphatic rings. The van der Waals surface area contributed by atoms with Gasteiger partial charge in [-0.2, -0.15) is 0 Å². The third-order valence-electron chi connectivity index (χ3n) is 4.76. The van der Waals surface area contributed by atoms with Crippen LogP contribution in [0.3, 0.4) is 0 Å². The zero-order valence-electron chi connectivity index (χ0n) is 14.1. The molecule has 0 spiro atoms. The van der Waals surface area contributed by atoms with Crippen molar-refractivity contribution in [2.75, 3.05) is 25.0 Å². The molecule has 1 aromatic rings. The molecule has 1 saturated heterocycles. The predicted octanol–water partition coefficient (Wildman–Crippen LogP) is 2.72. The molecule has 1 fully saturated rings. The number of hydrogen-bond donors (Lipinski definition) is 2. The highest BCUT2D eigenvalue weighted by Gasteiger charge is 2.34. The third-order valence-corrected chi connectivity index (χ3v) is 4.76. The molecule has 122 valence electrons. The molecular formula is C18H28N2O2. The number of aliphatic hydroxyl groups excluding tert-OH is 1. The lowest BCUT2D eigenvalue weighted by Gasteiger charge is -2.41. The van der Waals surface area contributed by atoms with Crippen LogP contribution >= 0.6 is 0 Å². The second kappa shape index (κ2) is 6.80. The topological polar surface area (TPSA) is 52.6 Å². The van der Waals surface area contributed by atoms with Crippen LogP contribution in [0.2, 0.25) is 0 Å². The largest absolute Gasteiger partial charge is 0.396 e. The van der Waals surface area contributed by atoms with Gasteiger partial charge in [-0.05, 0) is 51.8 Å². The van der Waals surface area contributed by atoms with Gasteiger partial charge in [0.2, 0.25) is 5.91 Å². The first-order chi connectivity index (χ1) is 10.3. The molecule has 1 amide bonds. The van der Waals surface area contributed by atoms with Crippen molar-refractivity contribution >= 4 is 11.6 Å². The zero-order valence-corrected chi connectivity index (χ0v) is 14.1. The summed E-state index contributed by atoms with van der Waals surface area (Å²) in [5.41, 5.74) is 3.06. The van der Waals surface area contributed by atoms with Gasteiger partial charge in [0.15, 0.2) is 0 Å². The lowest BCUT2D eigenvalue weighted by Crippen LogP contribution is -2.51. The minimum atomic E-state index is -0.188. The zero-order chi connectivity index (χ0) is 16.3. The van der Waals surface area contributed by atoms with Crippen LogP contribution in [0.15, 0.2) is 18.2 Å². The Labute approximate surface area is 133 Å². The summed E-state index contributed by atoms with van der Waals surface area (Å²) in [5, 5.41) is 12.6. The van der Waals surface area contributed by atoms with E-state index in [0.29, 0.717) is 0 Å². The van der Waals surface area contributed by atoms with Crippen LogP contribution in [0.5, 0.6) is 0 Å². The van der Waals surface area contributed by atoms with Crippen LogP contribution < -0.4 is 5.32 Å². The average Bonchev–Trinajstić information content (AvgIpc) is 2.49. The first-order valence-corrected chi connectivity index (χ1v) is 8.08. The van der Waals surface area contributed by atoms with Crippen molar-refractivity contribution in [3.05, 3.63) is 29.3 Å². The van der Waals surface area contributed by atoms with E-state index in [0.717, 1.165) is 37.2 Å². The lowest BCUT2D eigenvalue weighted by atomic mass is 9.82. The maximum atomic E-state index is 12.5. The van der Waals surface area contributed by atoms with Gasteiger partial charge in [0.25, 0.3) is 0 Å². The van der Waals surface area contributed by atoms with Gasteiger partial charge in [-0.25, -0.2) is 0 Å². The predicted molar refractivity (Wildman–Crippen MR) is 90.0 cm³/mol. The number of nitrogens with one attached hydrogen (secondary N) is 1. The van der Waals surface area contributed by atoms with Gasteiger partial charge in [-0.15, -0.1) is 0 Å². The Morgan fingerprint density at radius 3 is 2.82 bits per heavy atom. The summed E-state index contributed by atoms with van der Waals surface area (Å²) in [4.78, 5) is 14.7. The summed E-state index contributed by atoms with van der Waals surface area (Å²) in [5.74, 6) is 0.0224. The van der Waals surface area contributed by atoms with Crippen molar-refractivity contribution < 1.29 is 9.90 Å². The highest BCUT2D eigenvalue weighted by atomic mass is 16.3. The number of carbonyl (C=O) groups excluding carboxylic acids is 1. The van der Waals surface area contributed by atoms with Crippen LogP contribution in [-0.2, 0) is 4.79 Å². The van der Waals surface area contributed by atoms with Crippen LogP contribution in [0.4, 0.5) is 5.69 Å². The number of rotatable bonds is 4. The van der Waals surface area contributed by atoms with Crippen molar-refractivity contribution in [1.29, 1.82) is 0 Å². The van der Waals surface area contributed by atoms with Gasteiger partial charge >= 0.3 is 0 Å². The maximum absolute atomic E-state index is 12.5. The molecule has 22 heavy (non-hydrogen) atoms. The van der Waals surface area contributed by atoms with Crippen LogP contribution in [0.1, 0.15) is 37.8 Å². The van der Waals surface area contributed by atoms with Crippen molar-refractivity contribution in [2.24, 2.45) is 5.41 Å². The molecule has 2 N–H and O–H groups in total. The monoisotopic (exact) mass is 304 g/mol. The van der Waals surface area contributed by atoms with Crippen LogP contribution in [0, 0.1) is 19.3 Å². The normalized spacial score (nSPS) is 24.0. The number of amides is 1. The Morgan fingerprint density at radius 1 is 1.45 bits per heavy atom. The number of likely N-dealkylation sites (tertiary alicyclic amines) is 1. The van der Waals surface area contributed by atoms with Gasteiger partial charge in [-0.3, -0.25) is 9.69 Å². The summed E-state index contributed by atoms with van der Waals surface area (Å²) < 4.78 is 0. The summed E-state index contributed by atoms with van der Waals surface area (Å²) >= 11 is 0. The Morgan fingerprint density at radius 2 is 2.18 bits per heavy atom. The van der Waals surface area contributed by atoms with E-state index in [9.17, 15) is 9.90 Å². The number of benzene rings is 1. The Bertz CT molecular complexity index is 544. The Balaban J connectivity index is 2.02. The van der Waals surface area contributed by atoms with Gasteiger partial charge < -0.3 is 10.4 Å². The van der Waals surface area contributed by atoms with Crippen LogP contribution in [-0.4, -0.2) is 41.7 Å². The molecule has 1 aliphatic heterocycles. The third kappa shape index (κ3) is 3.87. The fourth-order valence-corrected chi connectivity index (χ4v) is 3.17. The first-order valence-electron chi connectivity index (χ1n) is 8.08. The van der Waals surface area contributed by atoms with Crippen molar-refractivity contribution in [1.82, 2.24) is 4.90 Å². The highest BCUT2D eigenvalue weighted by molar-refractivity contribution is 5.95. The van der Waals surface area contributed by atoms with Crippen LogP contribution in [0.25, 0.3) is 0 Å². The number of aliphatic hydroxyl groups is 1. The van der Waals surface area contributed by atoms with Gasteiger partial charge in [0, 0.05) is 24.3 Å². The second-order valence-electron chi connectivity index (χ2n) is 7.03. The van der Waals surface area contributed by atoms with E-state index in [4.69, 9.17) is 0 Å². The van der Waals surface area contributed by atoms with Crippen molar-refractivity contribution in [3.63, 3.8) is 0 Å². The molecule has 4 heteroatoms. The standard InChI is InChI=1S/C18H28N2O2/c1-13-6-7-16(14(2)10-13)19-17(22)15(3)20-9-5-8-18(4,11-20)12-21/h6-7,10,15,21H,5,8-9,11-12H2,1-4H3,(H,19,22). The molecule has 1 aromatic carbocycles. The number of nitrogens with zero attached hydrogens (tertiary/aromatic N) is 1. The summed E-state index contributed by atoms with van der Waals surface area (Å²) in [6.45, 7) is 9.95. The van der Waals surface area contributed by atoms with Gasteiger partial charge in [-0.1, -0.05) is 24.6 Å². The second-order valence-corrected chi connectivity index (χ2v) is 7.03. The maximum Gasteiger partial charge on any atom is 0.241 e. The molecule has 4 nitrogen and oxygen atoms in total. The molecule has 2 rings (SSSR count). The SMILES string of the molecule is Cc1ccc(NC(=O)C(C)N2CCCC(C)(CO)C2)c(C)c1. The number of aryl methyl sites for hydroxylation is 2. The van der Waals surface area contributed by atoms with Gasteiger partial charge in [0.1, 0.15) is 0 Å². The Hall–Kier alpha value is -1.39. The number of hydrogen-bond acceptors (Lipinski definition) is 3. The summed E-state index contributed by atoms with van der Waals surface area (Å²) in [7, 11) is 0. The first kappa shape index (κ1) is 17.0. The van der Waals surface area contributed by atoms with E-state index in [-0.39, 0.29) is 24.0 Å². The number of carbonyl (C=O) groups is 1. The van der Waals surface area contributed by atoms with E-state index in [1.165, 1.54) is 5.56 Å². The fraction of sp³-hybridized carbons (Fsp3) is 0.611. The van der Waals surface area contributed by atoms with E-state index in [1.807, 2.05) is 32.9 Å². The molecular weight excluding hydrogens is 276 g/mol. The molecule has 2 atom stereocenters. The smallest absolute Gasteiger partial charge is 0.241 e. The Kier molecular flexibility index (Phi) is 5.24. The molecule has 0 radical (unpaired) electrons. The van der Waals surface area contributed by atoms with E-state index in [2.05, 4.69) is 23.2 Å². The lowest BCUT2D eigenvalue weighted by molar-refractivity contribution is -0.122. The fourth-order valence-electron chi connectivity index (χ4n) is 3.17. The average molecular weight is 304 g/mol. The summed E-state index contributed by atoms with van der Waals surface area (Å²) in [6, 6.07) is 5.86. The highest BCUT2D eigenvalue weighted by Crippen LogP contribution is 2.30. The molecule has 0 saturated carbocycles. The minimum absolute atomic E-state index is 0.0224. The quantitative estimate of drug-likeness (QED) is 0.899. The number of piperidine rings is 1. The molecule has 0 aliphatic carbocycles. The van der Waals surface area contributed by atoms with Crippen molar-refractivity contribution in [3.8, 4) is 0 Å². The number of anilines is 1. The summed E-state index contributed by atoms with van der Waals surface area (Å²) in [6.07, 6.45) is 2.05.